The third-order valence-corrected chi connectivity index (χ3v) is 9.01. The molecule has 0 spiro atoms. The van der Waals surface area contributed by atoms with Gasteiger partial charge in [-0.2, -0.15) is 0 Å². The summed E-state index contributed by atoms with van der Waals surface area (Å²) >= 11 is 9.70. The largest absolute Gasteiger partial charge is 0.508 e. The Labute approximate surface area is 240 Å². The van der Waals surface area contributed by atoms with Crippen LogP contribution >= 0.6 is 27.5 Å². The Bertz CT molecular complexity index is 1690. The van der Waals surface area contributed by atoms with Crippen LogP contribution in [0.5, 0.6) is 11.5 Å². The minimum atomic E-state index is -1.36. The van der Waals surface area contributed by atoms with E-state index in [-0.39, 0.29) is 56.3 Å². The summed E-state index contributed by atoms with van der Waals surface area (Å²) in [6, 6.07) is 7.82. The van der Waals surface area contributed by atoms with E-state index in [9.17, 15) is 39.3 Å². The number of aromatic hydroxyl groups is 2. The van der Waals surface area contributed by atoms with E-state index in [1.165, 1.54) is 24.3 Å². The van der Waals surface area contributed by atoms with Crippen molar-refractivity contribution in [1.29, 1.82) is 0 Å². The van der Waals surface area contributed by atoms with Crippen LogP contribution in [-0.4, -0.2) is 44.7 Å². The van der Waals surface area contributed by atoms with Gasteiger partial charge in [-0.3, -0.25) is 19.2 Å². The standard InChI is InChI=1S/C29H19BrClNO8/c30-19-10-22(35)25-18(26(19)36)9-17-13(23(25)14-4-2-12(33)8-20(14)31)5-6-16-24(17)28(38)32(27(16)37)11-1-3-15(29(39)40)21(34)7-11/h1-5,7-8,10,16-17,23-24,33-34H,6,9H2,(H,39,40)/t16-,17+,23+,24-/m0/s1. The van der Waals surface area contributed by atoms with Crippen LogP contribution in [0.2, 0.25) is 5.02 Å². The average molecular weight is 625 g/mol. The van der Waals surface area contributed by atoms with Crippen molar-refractivity contribution in [3.63, 3.8) is 0 Å². The molecule has 0 unspecified atom stereocenters. The number of ketones is 2. The molecule has 1 heterocycles. The summed E-state index contributed by atoms with van der Waals surface area (Å²) in [5.74, 6) is -6.84. The van der Waals surface area contributed by atoms with E-state index in [4.69, 9.17) is 11.6 Å². The number of hydrogen-bond donors (Lipinski definition) is 3. The Morgan fingerprint density at radius 3 is 2.42 bits per heavy atom. The van der Waals surface area contributed by atoms with Gasteiger partial charge in [-0.05, 0) is 64.5 Å². The van der Waals surface area contributed by atoms with Gasteiger partial charge in [0.15, 0.2) is 11.6 Å². The minimum Gasteiger partial charge on any atom is -0.508 e. The summed E-state index contributed by atoms with van der Waals surface area (Å²) in [5, 5.41) is 29.5. The highest BCUT2D eigenvalue weighted by molar-refractivity contribution is 9.12. The number of anilines is 1. The number of halogens is 2. The van der Waals surface area contributed by atoms with Crippen LogP contribution in [0.25, 0.3) is 0 Å². The number of aromatic carboxylic acids is 1. The number of phenolic OH excluding ortho intramolecular Hbond substituents is 1. The molecule has 2 aromatic carbocycles. The van der Waals surface area contributed by atoms with Crippen LogP contribution < -0.4 is 4.90 Å². The quantitative estimate of drug-likeness (QED) is 0.258. The lowest BCUT2D eigenvalue weighted by molar-refractivity contribution is -0.123. The van der Waals surface area contributed by atoms with E-state index < -0.39 is 53.0 Å². The Kier molecular flexibility index (Phi) is 6.08. The summed E-state index contributed by atoms with van der Waals surface area (Å²) in [6.07, 6.45) is 3.29. The monoisotopic (exact) mass is 623 g/mol. The van der Waals surface area contributed by atoms with Crippen molar-refractivity contribution in [3.05, 3.63) is 85.9 Å². The molecule has 0 saturated carbocycles. The van der Waals surface area contributed by atoms with Gasteiger partial charge in [-0.25, -0.2) is 9.69 Å². The van der Waals surface area contributed by atoms with E-state index in [1.54, 1.807) is 6.07 Å². The zero-order chi connectivity index (χ0) is 28.6. The second-order valence-corrected chi connectivity index (χ2v) is 11.4. The summed E-state index contributed by atoms with van der Waals surface area (Å²) < 4.78 is 0.0936. The molecule has 0 bridgehead atoms. The Balaban J connectivity index is 1.47. The number of amides is 2. The van der Waals surface area contributed by atoms with E-state index in [0.717, 1.165) is 17.0 Å². The molecule has 2 amide bonds. The molecule has 4 aliphatic rings. The number of benzene rings is 2. The molecule has 1 saturated heterocycles. The molecule has 2 aromatic rings. The molecular formula is C29H19BrClNO8. The number of carbonyl (C=O) groups excluding carboxylic acids is 4. The first-order valence-corrected chi connectivity index (χ1v) is 13.5. The topological polar surface area (TPSA) is 149 Å². The van der Waals surface area contributed by atoms with Crippen molar-refractivity contribution >= 4 is 62.6 Å². The van der Waals surface area contributed by atoms with Crippen molar-refractivity contribution in [2.75, 3.05) is 4.90 Å². The van der Waals surface area contributed by atoms with E-state index in [1.807, 2.05) is 6.08 Å². The molecule has 202 valence electrons. The van der Waals surface area contributed by atoms with Crippen molar-refractivity contribution in [3.8, 4) is 11.5 Å². The van der Waals surface area contributed by atoms with Gasteiger partial charge < -0.3 is 15.3 Å². The second-order valence-electron chi connectivity index (χ2n) is 10.1. The number of rotatable bonds is 3. The van der Waals surface area contributed by atoms with Crippen LogP contribution in [-0.2, 0) is 19.2 Å². The zero-order valence-corrected chi connectivity index (χ0v) is 22.8. The van der Waals surface area contributed by atoms with Gasteiger partial charge in [0.25, 0.3) is 0 Å². The highest BCUT2D eigenvalue weighted by Crippen LogP contribution is 2.56. The van der Waals surface area contributed by atoms with Gasteiger partial charge in [0, 0.05) is 34.2 Å². The first kappa shape index (κ1) is 26.2. The molecule has 40 heavy (non-hydrogen) atoms. The predicted molar refractivity (Wildman–Crippen MR) is 145 cm³/mol. The number of carboxylic acid groups (broad SMARTS) is 1. The molecule has 3 N–H and O–H groups in total. The van der Waals surface area contributed by atoms with Gasteiger partial charge in [-0.15, -0.1) is 0 Å². The Morgan fingerprint density at radius 2 is 1.75 bits per heavy atom. The normalized spacial score (nSPS) is 25.8. The number of allylic oxidation sites excluding steroid dienone is 6. The molecule has 11 heteroatoms. The molecular weight excluding hydrogens is 606 g/mol. The molecule has 3 aliphatic carbocycles. The predicted octanol–water partition coefficient (Wildman–Crippen LogP) is 4.42. The average Bonchev–Trinajstić information content (AvgIpc) is 3.15. The molecule has 1 aliphatic heterocycles. The number of phenols is 2. The molecule has 0 radical (unpaired) electrons. The highest BCUT2D eigenvalue weighted by atomic mass is 79.9. The maximum absolute atomic E-state index is 13.9. The fourth-order valence-electron chi connectivity index (χ4n) is 6.41. The lowest BCUT2D eigenvalue weighted by atomic mass is 9.59. The summed E-state index contributed by atoms with van der Waals surface area (Å²) in [6.45, 7) is 0. The highest BCUT2D eigenvalue weighted by Gasteiger charge is 2.57. The summed E-state index contributed by atoms with van der Waals surface area (Å²) in [5.41, 5.74) is 1.33. The fraction of sp³-hybridized carbons (Fsp3) is 0.207. The molecule has 9 nitrogen and oxygen atoms in total. The number of carbonyl (C=O) groups is 5. The first-order chi connectivity index (χ1) is 19.0. The number of fused-ring (bicyclic) bond motifs is 3. The molecule has 0 aromatic heterocycles. The van der Waals surface area contributed by atoms with E-state index >= 15 is 0 Å². The smallest absolute Gasteiger partial charge is 0.339 e. The second kappa shape index (κ2) is 9.28. The molecule has 6 rings (SSSR count). The maximum atomic E-state index is 13.9. The molecule has 1 fully saturated rings. The van der Waals surface area contributed by atoms with E-state index in [0.29, 0.717) is 11.1 Å². The van der Waals surface area contributed by atoms with Gasteiger partial charge in [-0.1, -0.05) is 29.3 Å². The van der Waals surface area contributed by atoms with Crippen molar-refractivity contribution in [2.45, 2.75) is 18.8 Å². The van der Waals surface area contributed by atoms with Crippen molar-refractivity contribution < 1.29 is 39.3 Å². The lowest BCUT2D eigenvalue weighted by Crippen LogP contribution is -2.39. The van der Waals surface area contributed by atoms with Crippen LogP contribution in [0.3, 0.4) is 0 Å². The van der Waals surface area contributed by atoms with Crippen LogP contribution in [0.1, 0.15) is 34.7 Å². The fourth-order valence-corrected chi connectivity index (χ4v) is 7.14. The number of Topliss-reactive ketones (excluding diaryl/α,β-unsaturated/α-hetero) is 1. The number of hydrogen-bond acceptors (Lipinski definition) is 7. The van der Waals surface area contributed by atoms with Gasteiger partial charge in [0.1, 0.15) is 17.1 Å². The van der Waals surface area contributed by atoms with Gasteiger partial charge >= 0.3 is 5.97 Å². The summed E-state index contributed by atoms with van der Waals surface area (Å²) in [7, 11) is 0. The Morgan fingerprint density at radius 1 is 1.00 bits per heavy atom. The summed E-state index contributed by atoms with van der Waals surface area (Å²) in [4.78, 5) is 66.3. The number of carboxylic acids is 1. The zero-order valence-electron chi connectivity index (χ0n) is 20.4. The molecule has 4 atom stereocenters. The van der Waals surface area contributed by atoms with E-state index in [2.05, 4.69) is 15.9 Å². The third kappa shape index (κ3) is 3.77. The van der Waals surface area contributed by atoms with Crippen LogP contribution in [0.4, 0.5) is 5.69 Å². The van der Waals surface area contributed by atoms with Crippen LogP contribution in [0, 0.1) is 17.8 Å². The minimum absolute atomic E-state index is 0.0388. The first-order valence-electron chi connectivity index (χ1n) is 12.3. The Hall–Kier alpha value is -4.02. The van der Waals surface area contributed by atoms with Crippen molar-refractivity contribution in [2.24, 2.45) is 17.8 Å². The van der Waals surface area contributed by atoms with Crippen molar-refractivity contribution in [1.82, 2.24) is 0 Å². The van der Waals surface area contributed by atoms with Gasteiger partial charge in [0.05, 0.1) is 22.0 Å². The number of nitrogens with zero attached hydrogens (tertiary/aromatic N) is 1. The third-order valence-electron chi connectivity index (χ3n) is 8.10. The van der Waals surface area contributed by atoms with Gasteiger partial charge in [0.2, 0.25) is 11.8 Å². The lowest BCUT2D eigenvalue weighted by Gasteiger charge is -2.42. The van der Waals surface area contributed by atoms with Crippen LogP contribution in [0.15, 0.2) is 69.8 Å². The maximum Gasteiger partial charge on any atom is 0.339 e. The number of imide groups is 1. The SMILES string of the molecule is O=C1C=C(Br)C(=O)C2=C1[C@@H](c1ccc(O)cc1Cl)C1=CC[C@@H]3C(=O)N(c4ccc(C(=O)O)c(O)c4)C(=O)[C@@H]3[C@@H]1C2.